The lowest BCUT2D eigenvalue weighted by atomic mass is 10.1. The molecule has 140 valence electrons. The van der Waals surface area contributed by atoms with E-state index in [1.54, 1.807) is 55.5 Å². The van der Waals surface area contributed by atoms with E-state index in [1.165, 1.54) is 13.0 Å². The molecule has 1 aromatic heterocycles. The van der Waals surface area contributed by atoms with Crippen LogP contribution in [0.5, 0.6) is 0 Å². The maximum absolute atomic E-state index is 12.4. The van der Waals surface area contributed by atoms with Crippen molar-refractivity contribution in [3.63, 3.8) is 0 Å². The van der Waals surface area contributed by atoms with Crippen molar-refractivity contribution < 1.29 is 14.4 Å². The second-order valence-corrected chi connectivity index (χ2v) is 6.28. The third kappa shape index (κ3) is 6.18. The minimum absolute atomic E-state index is 0.0379. The summed E-state index contributed by atoms with van der Waals surface area (Å²) in [4.78, 5) is 41.3. The van der Waals surface area contributed by atoms with E-state index < -0.39 is 0 Å². The number of likely N-dealkylation sites (N-methyl/N-ethyl adjacent to an activating group) is 1. The molecule has 0 saturated carbocycles. The van der Waals surface area contributed by atoms with Gasteiger partial charge in [-0.25, -0.2) is 0 Å². The smallest absolute Gasteiger partial charge is 0.249 e. The van der Waals surface area contributed by atoms with Crippen LogP contribution in [0.3, 0.4) is 0 Å². The number of amides is 2. The Kier molecular flexibility index (Phi) is 7.00. The Morgan fingerprint density at radius 2 is 1.67 bits per heavy atom. The molecule has 0 aliphatic carbocycles. The minimum atomic E-state index is -0.390. The monoisotopic (exact) mass is 365 g/mol. The van der Waals surface area contributed by atoms with Crippen LogP contribution in [-0.4, -0.2) is 41.1 Å². The lowest BCUT2D eigenvalue weighted by Gasteiger charge is -2.17. The summed E-state index contributed by atoms with van der Waals surface area (Å²) in [6, 6.07) is 10.4. The standard InChI is InChI=1S/C21H23N3O3/c1-15(21(27)24(3)13-10-17-8-11-22-12-9-17)14-20(26)23-19-6-4-18(5-7-19)16(2)25/h4-9,11-12,14H,10,13H2,1-3H3,(H,23,26)/b15-14-. The highest BCUT2D eigenvalue weighted by atomic mass is 16.2. The number of ketones is 1. The van der Waals surface area contributed by atoms with E-state index in [4.69, 9.17) is 0 Å². The van der Waals surface area contributed by atoms with Crippen LogP contribution in [0, 0.1) is 0 Å². The lowest BCUT2D eigenvalue weighted by Crippen LogP contribution is -2.30. The first-order valence-electron chi connectivity index (χ1n) is 8.61. The Bertz CT molecular complexity index is 843. The summed E-state index contributed by atoms with van der Waals surface area (Å²) in [7, 11) is 1.71. The van der Waals surface area contributed by atoms with Crippen LogP contribution in [-0.2, 0) is 16.0 Å². The topological polar surface area (TPSA) is 79.4 Å². The molecule has 6 nitrogen and oxygen atoms in total. The lowest BCUT2D eigenvalue weighted by molar-refractivity contribution is -0.126. The number of carbonyl (C=O) groups is 3. The van der Waals surface area contributed by atoms with E-state index in [-0.39, 0.29) is 17.6 Å². The number of nitrogens with one attached hydrogen (secondary N) is 1. The van der Waals surface area contributed by atoms with Gasteiger partial charge in [0, 0.05) is 48.9 Å². The van der Waals surface area contributed by atoms with E-state index in [9.17, 15) is 14.4 Å². The third-order valence-electron chi connectivity index (χ3n) is 4.08. The van der Waals surface area contributed by atoms with Gasteiger partial charge in [-0.3, -0.25) is 19.4 Å². The maximum Gasteiger partial charge on any atom is 0.249 e. The van der Waals surface area contributed by atoms with Crippen molar-refractivity contribution in [1.82, 2.24) is 9.88 Å². The molecule has 0 aliphatic rings. The van der Waals surface area contributed by atoms with E-state index >= 15 is 0 Å². The molecule has 0 bridgehead atoms. The zero-order chi connectivity index (χ0) is 19.8. The second-order valence-electron chi connectivity index (χ2n) is 6.28. The summed E-state index contributed by atoms with van der Waals surface area (Å²) in [5, 5.41) is 2.69. The number of pyridine rings is 1. The number of aromatic nitrogens is 1. The minimum Gasteiger partial charge on any atom is -0.342 e. The quantitative estimate of drug-likeness (QED) is 0.604. The molecule has 0 unspecified atom stereocenters. The van der Waals surface area contributed by atoms with Gasteiger partial charge in [0.05, 0.1) is 0 Å². The molecule has 0 aliphatic heterocycles. The molecule has 2 aromatic rings. The first-order chi connectivity index (χ1) is 12.9. The molecule has 0 spiro atoms. The van der Waals surface area contributed by atoms with Crippen molar-refractivity contribution >= 4 is 23.3 Å². The van der Waals surface area contributed by atoms with Crippen molar-refractivity contribution in [3.8, 4) is 0 Å². The number of carbonyl (C=O) groups excluding carboxylic acids is 3. The van der Waals surface area contributed by atoms with Gasteiger partial charge < -0.3 is 10.2 Å². The van der Waals surface area contributed by atoms with Crippen LogP contribution in [0.1, 0.15) is 29.8 Å². The molecule has 0 fully saturated rings. The molecule has 2 amide bonds. The predicted octanol–water partition coefficient (Wildman–Crippen LogP) is 2.87. The van der Waals surface area contributed by atoms with Gasteiger partial charge in [-0.2, -0.15) is 0 Å². The average Bonchev–Trinajstić information content (AvgIpc) is 2.66. The molecule has 1 heterocycles. The highest BCUT2D eigenvalue weighted by Crippen LogP contribution is 2.11. The predicted molar refractivity (Wildman–Crippen MR) is 104 cm³/mol. The van der Waals surface area contributed by atoms with E-state index in [2.05, 4.69) is 10.3 Å². The summed E-state index contributed by atoms with van der Waals surface area (Å²) >= 11 is 0. The van der Waals surface area contributed by atoms with Gasteiger partial charge >= 0.3 is 0 Å². The second kappa shape index (κ2) is 9.43. The summed E-state index contributed by atoms with van der Waals surface area (Å²) in [5.41, 5.74) is 2.58. The van der Waals surface area contributed by atoms with Gasteiger partial charge in [0.2, 0.25) is 11.8 Å². The van der Waals surface area contributed by atoms with Crippen molar-refractivity contribution in [2.24, 2.45) is 0 Å². The number of nitrogens with zero attached hydrogens (tertiary/aromatic N) is 2. The molecular weight excluding hydrogens is 342 g/mol. The molecule has 27 heavy (non-hydrogen) atoms. The zero-order valence-corrected chi connectivity index (χ0v) is 15.7. The Morgan fingerprint density at radius 3 is 2.26 bits per heavy atom. The van der Waals surface area contributed by atoms with Crippen molar-refractivity contribution in [1.29, 1.82) is 0 Å². The van der Waals surface area contributed by atoms with Gasteiger partial charge in [-0.05, 0) is 62.2 Å². The molecule has 2 rings (SSSR count). The fraction of sp³-hybridized carbons (Fsp3) is 0.238. The van der Waals surface area contributed by atoms with Crippen molar-refractivity contribution in [2.45, 2.75) is 20.3 Å². The summed E-state index contributed by atoms with van der Waals surface area (Å²) in [6.45, 7) is 3.64. The van der Waals surface area contributed by atoms with Crippen LogP contribution in [0.25, 0.3) is 0 Å². The number of rotatable bonds is 7. The van der Waals surface area contributed by atoms with Crippen molar-refractivity contribution in [2.75, 3.05) is 18.9 Å². The molecule has 0 radical (unpaired) electrons. The Hall–Kier alpha value is -3.28. The molecular formula is C21H23N3O3. The molecule has 6 heteroatoms. The zero-order valence-electron chi connectivity index (χ0n) is 15.7. The van der Waals surface area contributed by atoms with Crippen LogP contribution in [0.15, 0.2) is 60.4 Å². The van der Waals surface area contributed by atoms with Gasteiger partial charge in [0.25, 0.3) is 0 Å². The summed E-state index contributed by atoms with van der Waals surface area (Å²) < 4.78 is 0. The van der Waals surface area contributed by atoms with E-state index in [1.807, 2.05) is 12.1 Å². The normalized spacial score (nSPS) is 11.0. The SMILES string of the molecule is CC(=O)c1ccc(NC(=O)/C=C(/C)C(=O)N(C)CCc2ccncc2)cc1. The number of hydrogen-bond acceptors (Lipinski definition) is 4. The molecule has 1 aromatic carbocycles. The van der Waals surface area contributed by atoms with Crippen LogP contribution in [0.4, 0.5) is 5.69 Å². The molecule has 0 atom stereocenters. The fourth-order valence-corrected chi connectivity index (χ4v) is 2.47. The van der Waals surface area contributed by atoms with Crippen LogP contribution >= 0.6 is 0 Å². The number of benzene rings is 1. The third-order valence-corrected chi connectivity index (χ3v) is 4.08. The van der Waals surface area contributed by atoms with Crippen LogP contribution < -0.4 is 5.32 Å². The summed E-state index contributed by atoms with van der Waals surface area (Å²) in [5.74, 6) is -0.630. The fourth-order valence-electron chi connectivity index (χ4n) is 2.47. The summed E-state index contributed by atoms with van der Waals surface area (Å²) in [6.07, 6.45) is 5.43. The largest absolute Gasteiger partial charge is 0.342 e. The van der Waals surface area contributed by atoms with E-state index in [0.29, 0.717) is 29.8 Å². The maximum atomic E-state index is 12.4. The molecule has 1 N–H and O–H groups in total. The van der Waals surface area contributed by atoms with E-state index in [0.717, 1.165) is 5.56 Å². The van der Waals surface area contributed by atoms with Crippen molar-refractivity contribution in [3.05, 3.63) is 71.6 Å². The van der Waals surface area contributed by atoms with Gasteiger partial charge in [0.1, 0.15) is 0 Å². The number of hydrogen-bond donors (Lipinski definition) is 1. The van der Waals surface area contributed by atoms with Gasteiger partial charge in [0.15, 0.2) is 5.78 Å². The highest BCUT2D eigenvalue weighted by Gasteiger charge is 2.12. The first-order valence-corrected chi connectivity index (χ1v) is 8.61. The number of Topliss-reactive ketones (excluding diaryl/α,β-unsaturated/α-hetero) is 1. The average molecular weight is 365 g/mol. The Labute approximate surface area is 158 Å². The Balaban J connectivity index is 1.91. The van der Waals surface area contributed by atoms with Crippen LogP contribution in [0.2, 0.25) is 0 Å². The highest BCUT2D eigenvalue weighted by molar-refractivity contribution is 6.06. The number of anilines is 1. The van der Waals surface area contributed by atoms with Gasteiger partial charge in [-0.1, -0.05) is 0 Å². The molecule has 0 saturated heterocycles. The van der Waals surface area contributed by atoms with Gasteiger partial charge in [-0.15, -0.1) is 0 Å². The Morgan fingerprint density at radius 1 is 1.04 bits per heavy atom. The first kappa shape index (κ1) is 20.0.